The van der Waals surface area contributed by atoms with Gasteiger partial charge in [0, 0.05) is 24.3 Å². The number of nitrogens with zero attached hydrogens (tertiary/aromatic N) is 1. The van der Waals surface area contributed by atoms with Crippen LogP contribution in [0.5, 0.6) is 0 Å². The molecule has 0 aromatic heterocycles. The molecule has 0 radical (unpaired) electrons. The molecule has 2 aromatic carbocycles. The van der Waals surface area contributed by atoms with Gasteiger partial charge in [0.2, 0.25) is 11.8 Å². The highest BCUT2D eigenvalue weighted by Crippen LogP contribution is 2.32. The molecule has 2 aromatic rings. The first-order chi connectivity index (χ1) is 12.6. The molecule has 0 saturated carbocycles. The predicted molar refractivity (Wildman–Crippen MR) is 96.4 cm³/mol. The van der Waals surface area contributed by atoms with Gasteiger partial charge >= 0.3 is 6.18 Å². The van der Waals surface area contributed by atoms with Crippen LogP contribution in [-0.4, -0.2) is 18.4 Å². The summed E-state index contributed by atoms with van der Waals surface area (Å²) in [6.45, 7) is 3.99. The molecule has 27 heavy (non-hydrogen) atoms. The minimum Gasteiger partial charge on any atom is -0.326 e. The maximum absolute atomic E-state index is 12.7. The van der Waals surface area contributed by atoms with Crippen LogP contribution >= 0.6 is 0 Å². The lowest BCUT2D eigenvalue weighted by Crippen LogP contribution is -2.28. The van der Waals surface area contributed by atoms with E-state index in [0.717, 1.165) is 23.3 Å². The highest BCUT2D eigenvalue weighted by molar-refractivity contribution is 6.03. The Morgan fingerprint density at radius 3 is 2.22 bits per heavy atom. The first-order valence-corrected chi connectivity index (χ1v) is 8.50. The van der Waals surface area contributed by atoms with Gasteiger partial charge in [-0.05, 0) is 61.4 Å². The average molecular weight is 376 g/mol. The molecule has 0 aliphatic carbocycles. The van der Waals surface area contributed by atoms with E-state index < -0.39 is 17.7 Å². The van der Waals surface area contributed by atoms with E-state index in [0.29, 0.717) is 11.4 Å². The number of halogens is 3. The standard InChI is InChI=1S/C20H19F3N2O2/c1-12-7-13(2)9-16(8-12)24-19(27)14-10-18(26)25(11-14)17-5-3-15(4-6-17)20(21,22)23/h3-9,14H,10-11H2,1-2H3,(H,24,27). The topological polar surface area (TPSA) is 49.4 Å². The number of carbonyl (C=O) groups is 2. The van der Waals surface area contributed by atoms with Gasteiger partial charge in [-0.3, -0.25) is 9.59 Å². The van der Waals surface area contributed by atoms with Crippen LogP contribution in [0.15, 0.2) is 42.5 Å². The Morgan fingerprint density at radius 1 is 1.07 bits per heavy atom. The van der Waals surface area contributed by atoms with E-state index in [-0.39, 0.29) is 24.8 Å². The van der Waals surface area contributed by atoms with Crippen LogP contribution in [-0.2, 0) is 15.8 Å². The molecule has 1 N–H and O–H groups in total. The van der Waals surface area contributed by atoms with E-state index >= 15 is 0 Å². The summed E-state index contributed by atoms with van der Waals surface area (Å²) in [4.78, 5) is 26.1. The van der Waals surface area contributed by atoms with Crippen LogP contribution in [0, 0.1) is 19.8 Å². The molecule has 7 heteroatoms. The van der Waals surface area contributed by atoms with Crippen LogP contribution < -0.4 is 10.2 Å². The number of hydrogen-bond acceptors (Lipinski definition) is 2. The van der Waals surface area contributed by atoms with E-state index in [2.05, 4.69) is 5.32 Å². The molecular weight excluding hydrogens is 357 g/mol. The molecule has 1 unspecified atom stereocenters. The van der Waals surface area contributed by atoms with Gasteiger partial charge in [-0.25, -0.2) is 0 Å². The van der Waals surface area contributed by atoms with E-state index in [1.54, 1.807) is 0 Å². The molecule has 3 rings (SSSR count). The largest absolute Gasteiger partial charge is 0.416 e. The van der Waals surface area contributed by atoms with Crippen molar-refractivity contribution in [1.29, 1.82) is 0 Å². The van der Waals surface area contributed by atoms with Crippen molar-refractivity contribution in [2.75, 3.05) is 16.8 Å². The fourth-order valence-electron chi connectivity index (χ4n) is 3.25. The van der Waals surface area contributed by atoms with Crippen molar-refractivity contribution in [3.63, 3.8) is 0 Å². The summed E-state index contributed by atoms with van der Waals surface area (Å²) >= 11 is 0. The summed E-state index contributed by atoms with van der Waals surface area (Å²) in [6.07, 6.45) is -4.40. The maximum atomic E-state index is 12.7. The average Bonchev–Trinajstić information content (AvgIpc) is 2.95. The van der Waals surface area contributed by atoms with Crippen LogP contribution in [0.4, 0.5) is 24.5 Å². The van der Waals surface area contributed by atoms with Gasteiger partial charge in [-0.1, -0.05) is 6.07 Å². The first kappa shape index (κ1) is 18.9. The second kappa shape index (κ2) is 7.06. The Hall–Kier alpha value is -2.83. The van der Waals surface area contributed by atoms with Gasteiger partial charge in [0.25, 0.3) is 0 Å². The lowest BCUT2D eigenvalue weighted by molar-refractivity contribution is -0.137. The quantitative estimate of drug-likeness (QED) is 0.868. The van der Waals surface area contributed by atoms with Crippen molar-refractivity contribution in [1.82, 2.24) is 0 Å². The lowest BCUT2D eigenvalue weighted by atomic mass is 10.1. The van der Waals surface area contributed by atoms with Crippen molar-refractivity contribution in [2.24, 2.45) is 5.92 Å². The van der Waals surface area contributed by atoms with E-state index in [1.807, 2.05) is 32.0 Å². The monoisotopic (exact) mass is 376 g/mol. The zero-order valence-electron chi connectivity index (χ0n) is 14.9. The van der Waals surface area contributed by atoms with Gasteiger partial charge in [0.05, 0.1) is 11.5 Å². The molecule has 0 bridgehead atoms. The number of aryl methyl sites for hydroxylation is 2. The molecule has 1 aliphatic rings. The summed E-state index contributed by atoms with van der Waals surface area (Å²) in [7, 11) is 0. The summed E-state index contributed by atoms with van der Waals surface area (Å²) in [5, 5.41) is 2.82. The second-order valence-electron chi connectivity index (χ2n) is 6.82. The van der Waals surface area contributed by atoms with Gasteiger partial charge in [0.1, 0.15) is 0 Å². The molecule has 1 saturated heterocycles. The van der Waals surface area contributed by atoms with Crippen LogP contribution in [0.25, 0.3) is 0 Å². The maximum Gasteiger partial charge on any atom is 0.416 e. The van der Waals surface area contributed by atoms with Crippen molar-refractivity contribution < 1.29 is 22.8 Å². The third-order valence-corrected chi connectivity index (χ3v) is 4.49. The Balaban J connectivity index is 1.70. The van der Waals surface area contributed by atoms with Gasteiger partial charge in [-0.15, -0.1) is 0 Å². The summed E-state index contributed by atoms with van der Waals surface area (Å²) in [5.74, 6) is -1.11. The van der Waals surface area contributed by atoms with Crippen LogP contribution in [0.1, 0.15) is 23.1 Å². The van der Waals surface area contributed by atoms with E-state index in [1.165, 1.54) is 17.0 Å². The normalized spacial score (nSPS) is 17.3. The summed E-state index contributed by atoms with van der Waals surface area (Å²) in [5.41, 5.74) is 2.27. The number of amides is 2. The third kappa shape index (κ3) is 4.30. The molecular formula is C20H19F3N2O2. The van der Waals surface area contributed by atoms with Gasteiger partial charge < -0.3 is 10.2 Å². The number of nitrogens with one attached hydrogen (secondary N) is 1. The van der Waals surface area contributed by atoms with Crippen LogP contribution in [0.2, 0.25) is 0 Å². The third-order valence-electron chi connectivity index (χ3n) is 4.49. The van der Waals surface area contributed by atoms with Gasteiger partial charge in [0.15, 0.2) is 0 Å². The Labute approximate surface area is 155 Å². The molecule has 4 nitrogen and oxygen atoms in total. The number of anilines is 2. The van der Waals surface area contributed by atoms with E-state index in [9.17, 15) is 22.8 Å². The molecule has 1 atom stereocenters. The fraction of sp³-hybridized carbons (Fsp3) is 0.300. The van der Waals surface area contributed by atoms with Crippen molar-refractivity contribution in [3.05, 3.63) is 59.2 Å². The predicted octanol–water partition coefficient (Wildman–Crippen LogP) is 4.31. The SMILES string of the molecule is Cc1cc(C)cc(NC(=O)C2CC(=O)N(c3ccc(C(F)(F)F)cc3)C2)c1. The van der Waals surface area contributed by atoms with Crippen LogP contribution in [0.3, 0.4) is 0 Å². The molecule has 2 amide bonds. The smallest absolute Gasteiger partial charge is 0.326 e. The van der Waals surface area contributed by atoms with Gasteiger partial charge in [-0.2, -0.15) is 13.2 Å². The second-order valence-corrected chi connectivity index (χ2v) is 6.82. The number of hydrogen-bond donors (Lipinski definition) is 1. The molecule has 142 valence electrons. The minimum atomic E-state index is -4.43. The summed E-state index contributed by atoms with van der Waals surface area (Å²) in [6, 6.07) is 10.1. The summed E-state index contributed by atoms with van der Waals surface area (Å²) < 4.78 is 38.0. The Bertz CT molecular complexity index is 856. The number of carbonyl (C=O) groups excluding carboxylic acids is 2. The Kier molecular flexibility index (Phi) is 4.95. The number of benzene rings is 2. The van der Waals surface area contributed by atoms with Crippen molar-refractivity contribution in [3.8, 4) is 0 Å². The Morgan fingerprint density at radius 2 is 1.67 bits per heavy atom. The number of rotatable bonds is 3. The molecule has 0 spiro atoms. The lowest BCUT2D eigenvalue weighted by Gasteiger charge is -2.18. The highest BCUT2D eigenvalue weighted by Gasteiger charge is 2.36. The number of alkyl halides is 3. The van der Waals surface area contributed by atoms with Crippen molar-refractivity contribution >= 4 is 23.2 Å². The minimum absolute atomic E-state index is 0.0254. The zero-order chi connectivity index (χ0) is 19.8. The highest BCUT2D eigenvalue weighted by atomic mass is 19.4. The zero-order valence-corrected chi connectivity index (χ0v) is 14.9. The van der Waals surface area contributed by atoms with E-state index in [4.69, 9.17) is 0 Å². The van der Waals surface area contributed by atoms with Crippen molar-refractivity contribution in [2.45, 2.75) is 26.4 Å². The molecule has 1 heterocycles. The first-order valence-electron chi connectivity index (χ1n) is 8.50. The molecule has 1 fully saturated rings. The molecule has 1 aliphatic heterocycles. The fourth-order valence-corrected chi connectivity index (χ4v) is 3.25.